The van der Waals surface area contributed by atoms with E-state index in [1.165, 1.54) is 4.57 Å². The number of hydrogen-bond donors (Lipinski definition) is 3. The number of nitrogens with one attached hydrogen (secondary N) is 2. The molecule has 0 spiro atoms. The molecule has 1 amide bonds. The van der Waals surface area contributed by atoms with Gasteiger partial charge in [0.1, 0.15) is 5.52 Å². The van der Waals surface area contributed by atoms with E-state index in [-0.39, 0.29) is 11.7 Å². The van der Waals surface area contributed by atoms with Crippen LogP contribution in [-0.4, -0.2) is 44.9 Å². The summed E-state index contributed by atoms with van der Waals surface area (Å²) >= 11 is 0. The van der Waals surface area contributed by atoms with Crippen molar-refractivity contribution in [2.45, 2.75) is 18.9 Å². The molecule has 1 saturated heterocycles. The molecule has 2 aromatic rings. The fourth-order valence-corrected chi connectivity index (χ4v) is 2.85. The topological polar surface area (TPSA) is 103 Å². The van der Waals surface area contributed by atoms with Crippen LogP contribution in [0, 0.1) is 0 Å². The summed E-state index contributed by atoms with van der Waals surface area (Å²) in [4.78, 5) is 31.6. The highest BCUT2D eigenvalue weighted by atomic mass is 16.4. The first kappa shape index (κ1) is 13.5. The van der Waals surface area contributed by atoms with Crippen molar-refractivity contribution < 1.29 is 9.90 Å². The van der Waals surface area contributed by atoms with Crippen LogP contribution in [0.25, 0.3) is 11.2 Å². The van der Waals surface area contributed by atoms with Crippen LogP contribution in [0.15, 0.2) is 17.1 Å². The van der Waals surface area contributed by atoms with E-state index >= 15 is 0 Å². The van der Waals surface area contributed by atoms with E-state index in [4.69, 9.17) is 5.11 Å². The highest BCUT2D eigenvalue weighted by Gasteiger charge is 2.23. The van der Waals surface area contributed by atoms with E-state index < -0.39 is 6.09 Å². The Hall–Kier alpha value is -2.51. The molecule has 1 fully saturated rings. The molecule has 1 aliphatic heterocycles. The van der Waals surface area contributed by atoms with Crippen molar-refractivity contribution in [1.82, 2.24) is 19.9 Å². The third-order valence-electron chi connectivity index (χ3n) is 3.85. The predicted octanol–water partition coefficient (Wildman–Crippen LogP) is 0.498. The average Bonchev–Trinajstić information content (AvgIpc) is 2.74. The van der Waals surface area contributed by atoms with E-state index in [1.54, 1.807) is 13.2 Å². The number of H-pyrrole nitrogens is 1. The number of aromatic nitrogens is 3. The first-order valence-electron chi connectivity index (χ1n) is 6.84. The smallest absolute Gasteiger partial charge is 0.404 e. The molecule has 1 aliphatic rings. The second kappa shape index (κ2) is 5.12. The lowest BCUT2D eigenvalue weighted by Crippen LogP contribution is -2.47. The Morgan fingerprint density at radius 1 is 1.57 bits per heavy atom. The maximum Gasteiger partial charge on any atom is 0.404 e. The molecule has 3 heterocycles. The van der Waals surface area contributed by atoms with Crippen LogP contribution in [0.1, 0.15) is 12.8 Å². The minimum Gasteiger partial charge on any atom is -0.465 e. The lowest BCUT2D eigenvalue weighted by atomic mass is 10.1. The summed E-state index contributed by atoms with van der Waals surface area (Å²) in [5, 5.41) is 11.4. The summed E-state index contributed by atoms with van der Waals surface area (Å²) in [7, 11) is 1.67. The van der Waals surface area contributed by atoms with Gasteiger partial charge < -0.3 is 20.3 Å². The van der Waals surface area contributed by atoms with Crippen molar-refractivity contribution in [3.63, 3.8) is 0 Å². The Kier molecular flexibility index (Phi) is 3.28. The molecule has 3 rings (SSSR count). The van der Waals surface area contributed by atoms with Crippen LogP contribution in [0.2, 0.25) is 0 Å². The summed E-state index contributed by atoms with van der Waals surface area (Å²) in [6, 6.07) is 1.75. The SMILES string of the molecule is Cn1c(=O)[nH]c2c(N3CCC[C@@H](NC(=O)O)C3)ccnc21. The fourth-order valence-electron chi connectivity index (χ4n) is 2.85. The van der Waals surface area contributed by atoms with E-state index in [9.17, 15) is 9.59 Å². The van der Waals surface area contributed by atoms with Gasteiger partial charge in [-0.2, -0.15) is 0 Å². The van der Waals surface area contributed by atoms with Crippen LogP contribution in [0.5, 0.6) is 0 Å². The maximum absolute atomic E-state index is 11.7. The second-order valence-electron chi connectivity index (χ2n) is 5.25. The molecule has 0 aliphatic carbocycles. The molecular weight excluding hydrogens is 274 g/mol. The molecule has 0 unspecified atom stereocenters. The van der Waals surface area contributed by atoms with E-state index in [0.29, 0.717) is 17.7 Å². The summed E-state index contributed by atoms with van der Waals surface area (Å²) in [5.41, 5.74) is 1.98. The summed E-state index contributed by atoms with van der Waals surface area (Å²) in [6.07, 6.45) is 2.38. The number of aryl methyl sites for hydroxylation is 1. The molecule has 0 aromatic carbocycles. The van der Waals surface area contributed by atoms with E-state index in [2.05, 4.69) is 20.2 Å². The zero-order valence-electron chi connectivity index (χ0n) is 11.7. The molecule has 0 radical (unpaired) electrons. The van der Waals surface area contributed by atoms with Gasteiger partial charge in [-0.1, -0.05) is 0 Å². The number of aromatic amines is 1. The number of carboxylic acid groups (broad SMARTS) is 1. The minimum absolute atomic E-state index is 0.102. The van der Waals surface area contributed by atoms with Gasteiger partial charge in [-0.15, -0.1) is 0 Å². The number of piperidine rings is 1. The Morgan fingerprint density at radius 2 is 2.38 bits per heavy atom. The third kappa shape index (κ3) is 2.44. The zero-order valence-corrected chi connectivity index (χ0v) is 11.7. The molecule has 0 bridgehead atoms. The van der Waals surface area contributed by atoms with Crippen molar-refractivity contribution in [2.24, 2.45) is 7.05 Å². The Bertz CT molecular complexity index is 735. The lowest BCUT2D eigenvalue weighted by Gasteiger charge is -2.34. The highest BCUT2D eigenvalue weighted by Crippen LogP contribution is 2.25. The average molecular weight is 291 g/mol. The third-order valence-corrected chi connectivity index (χ3v) is 3.85. The highest BCUT2D eigenvalue weighted by molar-refractivity contribution is 5.86. The van der Waals surface area contributed by atoms with Gasteiger partial charge in [0.2, 0.25) is 0 Å². The number of amides is 1. The number of imidazole rings is 1. The Labute approximate surface area is 120 Å². The van der Waals surface area contributed by atoms with Gasteiger partial charge in [0.05, 0.1) is 5.69 Å². The van der Waals surface area contributed by atoms with Crippen molar-refractivity contribution in [1.29, 1.82) is 0 Å². The van der Waals surface area contributed by atoms with Crippen molar-refractivity contribution in [3.05, 3.63) is 22.7 Å². The predicted molar refractivity (Wildman–Crippen MR) is 77.7 cm³/mol. The monoisotopic (exact) mass is 291 g/mol. The second-order valence-corrected chi connectivity index (χ2v) is 5.25. The molecule has 2 aromatic heterocycles. The van der Waals surface area contributed by atoms with Crippen molar-refractivity contribution in [3.8, 4) is 0 Å². The van der Waals surface area contributed by atoms with Gasteiger partial charge in [-0.3, -0.25) is 4.57 Å². The van der Waals surface area contributed by atoms with Crippen LogP contribution in [0.3, 0.4) is 0 Å². The Balaban J connectivity index is 1.94. The molecule has 8 heteroatoms. The van der Waals surface area contributed by atoms with Gasteiger partial charge in [-0.05, 0) is 18.9 Å². The van der Waals surface area contributed by atoms with Crippen molar-refractivity contribution >= 4 is 22.9 Å². The van der Waals surface area contributed by atoms with Gasteiger partial charge in [0, 0.05) is 32.4 Å². The fraction of sp³-hybridized carbons (Fsp3) is 0.462. The lowest BCUT2D eigenvalue weighted by molar-refractivity contribution is 0.188. The van der Waals surface area contributed by atoms with Crippen LogP contribution < -0.4 is 15.9 Å². The Morgan fingerprint density at radius 3 is 3.14 bits per heavy atom. The summed E-state index contributed by atoms with van der Waals surface area (Å²) in [5.74, 6) is 0. The van der Waals surface area contributed by atoms with Crippen LogP contribution in [-0.2, 0) is 7.05 Å². The molecular formula is C13H17N5O3. The number of carbonyl (C=O) groups is 1. The first-order valence-corrected chi connectivity index (χ1v) is 6.84. The molecule has 21 heavy (non-hydrogen) atoms. The zero-order chi connectivity index (χ0) is 15.0. The van der Waals surface area contributed by atoms with Gasteiger partial charge in [-0.25, -0.2) is 14.6 Å². The number of pyridine rings is 1. The van der Waals surface area contributed by atoms with Crippen LogP contribution in [0.4, 0.5) is 10.5 Å². The van der Waals surface area contributed by atoms with E-state index in [0.717, 1.165) is 25.1 Å². The molecule has 3 N–H and O–H groups in total. The molecule has 8 nitrogen and oxygen atoms in total. The van der Waals surface area contributed by atoms with Crippen molar-refractivity contribution in [2.75, 3.05) is 18.0 Å². The van der Waals surface area contributed by atoms with Gasteiger partial charge in [0.25, 0.3) is 0 Å². The number of rotatable bonds is 2. The minimum atomic E-state index is -1.00. The quantitative estimate of drug-likeness (QED) is 0.747. The summed E-state index contributed by atoms with van der Waals surface area (Å²) < 4.78 is 1.47. The number of anilines is 1. The molecule has 112 valence electrons. The normalized spacial score (nSPS) is 18.9. The maximum atomic E-state index is 11.7. The van der Waals surface area contributed by atoms with Gasteiger partial charge >= 0.3 is 11.8 Å². The molecule has 0 saturated carbocycles. The number of nitrogens with zero attached hydrogens (tertiary/aromatic N) is 3. The number of fused-ring (bicyclic) bond motifs is 1. The van der Waals surface area contributed by atoms with Crippen LogP contribution >= 0.6 is 0 Å². The molecule has 1 atom stereocenters. The number of hydrogen-bond acceptors (Lipinski definition) is 4. The summed E-state index contributed by atoms with van der Waals surface area (Å²) in [6.45, 7) is 1.41. The van der Waals surface area contributed by atoms with Gasteiger partial charge in [0.15, 0.2) is 5.65 Å². The largest absolute Gasteiger partial charge is 0.465 e. The first-order chi connectivity index (χ1) is 10.1. The van der Waals surface area contributed by atoms with E-state index in [1.807, 2.05) is 6.07 Å². The standard InChI is InChI=1S/C13H17N5O3/c1-17-11-10(16-12(17)19)9(4-5-14-11)18-6-2-3-8(7-18)15-13(20)21/h4-5,8,15H,2-3,6-7H2,1H3,(H,16,19)(H,20,21)/t8-/m1/s1.